The van der Waals surface area contributed by atoms with E-state index in [1.165, 1.54) is 0 Å². The molecule has 24 nitrogen and oxygen atoms in total. The fraction of sp³-hybridized carbons (Fsp3) is 1.00. The van der Waals surface area contributed by atoms with Crippen molar-refractivity contribution in [1.29, 1.82) is 0 Å². The summed E-state index contributed by atoms with van der Waals surface area (Å²) < 4.78 is 93.1. The van der Waals surface area contributed by atoms with Crippen molar-refractivity contribution in [2.24, 2.45) is 0 Å². The summed E-state index contributed by atoms with van der Waals surface area (Å²) in [5.74, 6) is 0. The minimum atomic E-state index is -6.02. The van der Waals surface area contributed by atoms with E-state index in [2.05, 4.69) is 27.1 Å². The van der Waals surface area contributed by atoms with Crippen molar-refractivity contribution < 1.29 is 151 Å². The van der Waals surface area contributed by atoms with Crippen molar-refractivity contribution in [2.75, 3.05) is 0 Å². The second-order valence-electron chi connectivity index (χ2n) is 6.36. The van der Waals surface area contributed by atoms with Crippen molar-refractivity contribution in [3.63, 3.8) is 0 Å². The Labute approximate surface area is 233 Å². The summed E-state index contributed by atoms with van der Waals surface area (Å²) in [6.07, 6.45) is -18.9. The van der Waals surface area contributed by atoms with Crippen LogP contribution in [0.25, 0.3) is 0 Å². The Hall–Kier alpha value is 1.92. The van der Waals surface area contributed by atoms with E-state index in [0.29, 0.717) is 0 Å². The van der Waals surface area contributed by atoms with Crippen molar-refractivity contribution >= 4 is 46.9 Å². The summed E-state index contributed by atoms with van der Waals surface area (Å²) in [7, 11) is -36.1. The zero-order valence-electron chi connectivity index (χ0n) is 16.7. The van der Waals surface area contributed by atoms with E-state index in [-0.39, 0.29) is 37.7 Å². The third-order valence-corrected chi connectivity index (χ3v) is 6.61. The molecule has 0 atom stereocenters. The first-order valence-corrected chi connectivity index (χ1v) is 17.2. The maximum atomic E-state index is 11.4. The van der Waals surface area contributed by atoms with Gasteiger partial charge in [-0.1, -0.05) is 0 Å². The van der Waals surface area contributed by atoms with Gasteiger partial charge in [0.1, 0.15) is 36.6 Å². The predicted octanol–water partition coefficient (Wildman–Crippen LogP) is -3.13. The van der Waals surface area contributed by atoms with Crippen LogP contribution in [0.3, 0.4) is 0 Å². The first-order valence-electron chi connectivity index (χ1n) is 8.01. The number of hydrogen-bond acceptors (Lipinski definition) is 12. The van der Waals surface area contributed by atoms with Crippen molar-refractivity contribution in [2.45, 2.75) is 36.6 Å². The molecule has 0 aromatic carbocycles. The van der Waals surface area contributed by atoms with Gasteiger partial charge in [-0.3, -0.25) is 27.1 Å². The molecule has 1 aliphatic carbocycles. The standard InChI is InChI=1S/C6H18O24P6.Ho/c7-31(8,9)25-1-2(26-32(10,11)12)4(28-34(16,17)18)6(30-36(22,23)24)5(29-35(19,20)21)3(1)27-33(13,14)15;/h1-6H,(H2,7,8,9)(H2,10,11,12)(H2,13,14,15)(H2,16,17,18)(H2,19,20,21)(H2,22,23,24);/q;+3/i;1+1. The second kappa shape index (κ2) is 13.5. The van der Waals surface area contributed by atoms with E-state index in [4.69, 9.17) is 58.7 Å². The molecular weight excluding hydrogens is 808 g/mol. The van der Waals surface area contributed by atoms with Gasteiger partial charge in [-0.05, 0) is 0 Å². The van der Waals surface area contributed by atoms with Crippen LogP contribution < -0.4 is 0 Å². The molecule has 0 unspecified atom stereocenters. The number of phosphoric ester groups is 6. The first-order chi connectivity index (χ1) is 15.6. The predicted molar refractivity (Wildman–Crippen MR) is 102 cm³/mol. The van der Waals surface area contributed by atoms with Gasteiger partial charge in [0.2, 0.25) is 0 Å². The van der Waals surface area contributed by atoms with E-state index in [1.807, 2.05) is 0 Å². The zero-order valence-corrected chi connectivity index (χ0v) is 24.0. The fourth-order valence-electron chi connectivity index (χ4n) is 2.79. The van der Waals surface area contributed by atoms with Crippen LogP contribution in [-0.4, -0.2) is 95.3 Å². The number of hydrogen-bond donors (Lipinski definition) is 12. The Bertz CT molecular complexity index is 824. The van der Waals surface area contributed by atoms with Gasteiger partial charge in [0.25, 0.3) is 0 Å². The molecule has 0 bridgehead atoms. The quantitative estimate of drug-likeness (QED) is 0.0683. The maximum absolute atomic E-state index is 11.4. The van der Waals surface area contributed by atoms with E-state index in [1.54, 1.807) is 0 Å². The summed E-state index contributed by atoms with van der Waals surface area (Å²) in [5.41, 5.74) is 0. The molecule has 0 aliphatic heterocycles. The molecule has 0 radical (unpaired) electrons. The summed E-state index contributed by atoms with van der Waals surface area (Å²) >= 11 is 0. The molecule has 0 saturated heterocycles. The van der Waals surface area contributed by atoms with Gasteiger partial charge >= 0.3 is 84.7 Å². The van der Waals surface area contributed by atoms with Crippen molar-refractivity contribution in [1.82, 2.24) is 0 Å². The largest absolute Gasteiger partial charge is 3.00 e. The Morgan fingerprint density at radius 1 is 0.297 bits per heavy atom. The summed E-state index contributed by atoms with van der Waals surface area (Å²) in [6.45, 7) is 0. The normalized spacial score (nSPS) is 28.5. The van der Waals surface area contributed by atoms with Gasteiger partial charge in [0, 0.05) is 0 Å². The molecule has 0 spiro atoms. The minimum Gasteiger partial charge on any atom is -0.303 e. The van der Waals surface area contributed by atoms with E-state index >= 15 is 0 Å². The minimum absolute atomic E-state index is 0. The molecule has 1 saturated carbocycles. The van der Waals surface area contributed by atoms with Crippen LogP contribution >= 0.6 is 46.9 Å². The Morgan fingerprint density at radius 3 is 0.432 bits per heavy atom. The molecule has 0 amide bonds. The number of phosphoric acid groups is 6. The van der Waals surface area contributed by atoms with E-state index < -0.39 is 83.6 Å². The average Bonchev–Trinajstić information content (AvgIpc) is 2.51. The summed E-state index contributed by atoms with van der Waals surface area (Å²) in [5, 5.41) is 0. The monoisotopic (exact) mass is 826 g/mol. The smallest absolute Gasteiger partial charge is 0.303 e. The van der Waals surface area contributed by atoms with E-state index in [9.17, 15) is 27.4 Å². The van der Waals surface area contributed by atoms with Gasteiger partial charge in [-0.2, -0.15) is 0 Å². The van der Waals surface area contributed by atoms with Crippen LogP contribution in [0.15, 0.2) is 0 Å². The molecule has 1 fully saturated rings. The average molecular weight is 826 g/mol. The van der Waals surface area contributed by atoms with Crippen molar-refractivity contribution in [3.8, 4) is 0 Å². The SMILES string of the molecule is O=P(O)(O)OC1C(OP(=O)(O)O)C(OP(=O)(O)O)C(OP(=O)(O)O)C(OP(=O)(O)O)C1OP(=O)(O)O.[166Ho+3]. The molecule has 1 rings (SSSR count). The molecule has 0 heterocycles. The zero-order chi connectivity index (χ0) is 28.7. The van der Waals surface area contributed by atoms with Gasteiger partial charge in [-0.15, -0.1) is 0 Å². The molecule has 0 aromatic rings. The molecule has 37 heavy (non-hydrogen) atoms. The Kier molecular flexibility index (Phi) is 14.2. The molecule has 224 valence electrons. The maximum Gasteiger partial charge on any atom is 3.00 e. The third kappa shape index (κ3) is 15.6. The summed E-state index contributed by atoms with van der Waals surface area (Å²) in [4.78, 5) is 110. The van der Waals surface area contributed by atoms with Crippen molar-refractivity contribution in [3.05, 3.63) is 0 Å². The van der Waals surface area contributed by atoms with Gasteiger partial charge in [0.05, 0.1) is 0 Å². The first kappa shape index (κ1) is 38.9. The topological polar surface area (TPSA) is 401 Å². The van der Waals surface area contributed by atoms with Gasteiger partial charge in [0.15, 0.2) is 0 Å². The van der Waals surface area contributed by atoms with Crippen LogP contribution in [0.5, 0.6) is 0 Å². The third-order valence-electron chi connectivity index (χ3n) is 3.50. The van der Waals surface area contributed by atoms with E-state index in [0.717, 1.165) is 0 Å². The molecule has 31 heteroatoms. The van der Waals surface area contributed by atoms with Gasteiger partial charge in [-0.25, -0.2) is 27.4 Å². The fourth-order valence-corrected chi connectivity index (χ4v) is 6.14. The van der Waals surface area contributed by atoms with Crippen LogP contribution in [-0.2, 0) is 54.5 Å². The van der Waals surface area contributed by atoms with Crippen LogP contribution in [0.2, 0.25) is 0 Å². The molecule has 12 N–H and O–H groups in total. The molecule has 0 aromatic heterocycles. The summed E-state index contributed by atoms with van der Waals surface area (Å²) in [6, 6.07) is 0. The Balaban J connectivity index is 0.0000130. The van der Waals surface area contributed by atoms with Crippen LogP contribution in [0.4, 0.5) is 0 Å². The molecule has 1 aliphatic rings. The second-order valence-corrected chi connectivity index (χ2v) is 13.5. The van der Waals surface area contributed by atoms with Crippen LogP contribution in [0, 0.1) is 37.7 Å². The van der Waals surface area contributed by atoms with Crippen LogP contribution in [0.1, 0.15) is 0 Å². The molecular formula is C6H18HoO24P6+3. The number of rotatable bonds is 12. The van der Waals surface area contributed by atoms with Gasteiger partial charge < -0.3 is 58.7 Å². The Morgan fingerprint density at radius 2 is 0.378 bits per heavy atom.